The quantitative estimate of drug-likeness (QED) is 0.857. The fourth-order valence-corrected chi connectivity index (χ4v) is 2.49. The van der Waals surface area contributed by atoms with E-state index in [-0.39, 0.29) is 6.04 Å². The predicted molar refractivity (Wildman–Crippen MR) is 84.2 cm³/mol. The molecule has 0 spiro atoms. The van der Waals surface area contributed by atoms with E-state index in [0.717, 1.165) is 25.5 Å². The second-order valence-corrected chi connectivity index (χ2v) is 4.95. The maximum atomic E-state index is 5.64. The number of aromatic nitrogens is 3. The Bertz CT molecular complexity index is 597. The highest BCUT2D eigenvalue weighted by Crippen LogP contribution is 2.20. The third kappa shape index (κ3) is 2.79. The van der Waals surface area contributed by atoms with Gasteiger partial charge in [-0.15, -0.1) is 6.58 Å². The first-order valence-electron chi connectivity index (χ1n) is 6.90. The van der Waals surface area contributed by atoms with Crippen LogP contribution < -0.4 is 15.5 Å². The second-order valence-electron chi connectivity index (χ2n) is 4.95. The van der Waals surface area contributed by atoms with Gasteiger partial charge in [-0.2, -0.15) is 0 Å². The summed E-state index contributed by atoms with van der Waals surface area (Å²) in [5.41, 5.74) is 6.21. The Morgan fingerprint density at radius 1 is 1.19 bits per heavy atom. The van der Waals surface area contributed by atoms with Crippen LogP contribution in [0, 0.1) is 0 Å². The molecule has 2 aromatic rings. The zero-order chi connectivity index (χ0) is 14.7. The van der Waals surface area contributed by atoms with Crippen molar-refractivity contribution in [3.63, 3.8) is 0 Å². The van der Waals surface area contributed by atoms with Gasteiger partial charge in [0.1, 0.15) is 5.82 Å². The molecule has 21 heavy (non-hydrogen) atoms. The first-order valence-corrected chi connectivity index (χ1v) is 6.90. The van der Waals surface area contributed by atoms with Crippen LogP contribution in [-0.2, 0) is 0 Å². The van der Waals surface area contributed by atoms with E-state index < -0.39 is 0 Å². The number of nitrogens with zero attached hydrogens (tertiary/aromatic N) is 5. The van der Waals surface area contributed by atoms with Gasteiger partial charge in [-0.1, -0.05) is 12.1 Å². The average Bonchev–Trinajstić information content (AvgIpc) is 2.56. The Labute approximate surface area is 124 Å². The van der Waals surface area contributed by atoms with Crippen LogP contribution in [0.3, 0.4) is 0 Å². The molecule has 0 saturated carbocycles. The lowest BCUT2D eigenvalue weighted by Gasteiger charge is -2.40. The van der Waals surface area contributed by atoms with Crippen molar-refractivity contribution in [1.29, 1.82) is 0 Å². The largest absolute Gasteiger partial charge is 0.396 e. The molecule has 3 rings (SSSR count). The topological polar surface area (TPSA) is 71.2 Å². The van der Waals surface area contributed by atoms with Crippen molar-refractivity contribution in [2.75, 3.05) is 35.2 Å². The molecule has 0 amide bonds. The minimum atomic E-state index is 0.143. The molecule has 1 saturated heterocycles. The summed E-state index contributed by atoms with van der Waals surface area (Å²) < 4.78 is 0. The summed E-state index contributed by atoms with van der Waals surface area (Å²) in [5, 5.41) is 0. The third-order valence-electron chi connectivity index (χ3n) is 3.58. The third-order valence-corrected chi connectivity index (χ3v) is 3.58. The van der Waals surface area contributed by atoms with E-state index in [1.165, 1.54) is 0 Å². The van der Waals surface area contributed by atoms with Crippen molar-refractivity contribution >= 4 is 17.5 Å². The molecule has 1 aliphatic heterocycles. The normalized spacial score (nSPS) is 18.6. The standard InChI is InChI=1S/C15H18N6/c1-2-13-11-20(14-5-3-4-6-17-14)7-8-21(13)15-18-9-12(16)10-19-15/h2-6,9-10,13H,1,7-8,11,16H2/t13-/m0/s1. The fraction of sp³-hybridized carbons (Fsp3) is 0.267. The molecule has 6 heteroatoms. The Balaban J connectivity index is 1.78. The summed E-state index contributed by atoms with van der Waals surface area (Å²) in [7, 11) is 0. The molecule has 1 aliphatic rings. The first kappa shape index (κ1) is 13.4. The van der Waals surface area contributed by atoms with E-state index in [4.69, 9.17) is 5.73 Å². The van der Waals surface area contributed by atoms with Gasteiger partial charge in [0, 0.05) is 25.8 Å². The summed E-state index contributed by atoms with van der Waals surface area (Å²) in [6.07, 6.45) is 7.00. The van der Waals surface area contributed by atoms with Crippen molar-refractivity contribution in [2.45, 2.75) is 6.04 Å². The lowest BCUT2D eigenvalue weighted by molar-refractivity contribution is 0.570. The molecular formula is C15H18N6. The maximum Gasteiger partial charge on any atom is 0.226 e. The van der Waals surface area contributed by atoms with Gasteiger partial charge in [0.2, 0.25) is 5.95 Å². The predicted octanol–water partition coefficient (Wildman–Crippen LogP) is 1.33. The fourth-order valence-electron chi connectivity index (χ4n) is 2.49. The number of nitrogen functional groups attached to an aromatic ring is 1. The van der Waals surface area contributed by atoms with Crippen LogP contribution in [0.2, 0.25) is 0 Å². The van der Waals surface area contributed by atoms with Crippen LogP contribution in [0.1, 0.15) is 0 Å². The van der Waals surface area contributed by atoms with Crippen molar-refractivity contribution in [3.8, 4) is 0 Å². The molecule has 0 aliphatic carbocycles. The molecule has 0 bridgehead atoms. The van der Waals surface area contributed by atoms with E-state index in [1.807, 2.05) is 30.5 Å². The Hall–Kier alpha value is -2.63. The number of piperazine rings is 1. The minimum Gasteiger partial charge on any atom is -0.396 e. The highest BCUT2D eigenvalue weighted by atomic mass is 15.3. The summed E-state index contributed by atoms with van der Waals surface area (Å²) >= 11 is 0. The number of hydrogen-bond acceptors (Lipinski definition) is 6. The number of nitrogens with two attached hydrogens (primary N) is 1. The molecule has 108 valence electrons. The zero-order valence-corrected chi connectivity index (χ0v) is 11.8. The SMILES string of the molecule is C=C[C@H]1CN(c2ccccn2)CCN1c1ncc(N)cn1. The van der Waals surface area contributed by atoms with Crippen LogP contribution in [-0.4, -0.2) is 40.6 Å². The van der Waals surface area contributed by atoms with Gasteiger partial charge in [-0.05, 0) is 12.1 Å². The molecule has 2 aromatic heterocycles. The molecule has 6 nitrogen and oxygen atoms in total. The van der Waals surface area contributed by atoms with Gasteiger partial charge < -0.3 is 15.5 Å². The first-order chi connectivity index (χ1) is 10.3. The summed E-state index contributed by atoms with van der Waals surface area (Å²) in [4.78, 5) is 17.4. The number of anilines is 3. The molecule has 0 unspecified atom stereocenters. The summed E-state index contributed by atoms with van der Waals surface area (Å²) in [6, 6.07) is 6.09. The van der Waals surface area contributed by atoms with Gasteiger partial charge in [0.15, 0.2) is 0 Å². The van der Waals surface area contributed by atoms with Gasteiger partial charge in [0.05, 0.1) is 24.1 Å². The van der Waals surface area contributed by atoms with Crippen LogP contribution in [0.4, 0.5) is 17.5 Å². The Kier molecular flexibility index (Phi) is 3.68. The van der Waals surface area contributed by atoms with Crippen molar-refractivity contribution in [3.05, 3.63) is 49.4 Å². The average molecular weight is 282 g/mol. The highest BCUT2D eigenvalue weighted by molar-refractivity contribution is 5.46. The lowest BCUT2D eigenvalue weighted by atomic mass is 10.1. The van der Waals surface area contributed by atoms with Crippen LogP contribution in [0.25, 0.3) is 0 Å². The van der Waals surface area contributed by atoms with Gasteiger partial charge in [-0.3, -0.25) is 0 Å². The van der Waals surface area contributed by atoms with Gasteiger partial charge in [0.25, 0.3) is 0 Å². The lowest BCUT2D eigenvalue weighted by Crippen LogP contribution is -2.53. The maximum absolute atomic E-state index is 5.64. The number of rotatable bonds is 3. The minimum absolute atomic E-state index is 0.143. The highest BCUT2D eigenvalue weighted by Gasteiger charge is 2.27. The molecule has 0 radical (unpaired) electrons. The number of hydrogen-bond donors (Lipinski definition) is 1. The van der Waals surface area contributed by atoms with E-state index >= 15 is 0 Å². The Morgan fingerprint density at radius 2 is 2.00 bits per heavy atom. The van der Waals surface area contributed by atoms with Crippen LogP contribution in [0.15, 0.2) is 49.4 Å². The summed E-state index contributed by atoms with van der Waals surface area (Å²) in [5.74, 6) is 1.68. The van der Waals surface area contributed by atoms with E-state index in [1.54, 1.807) is 12.4 Å². The molecule has 1 fully saturated rings. The second kappa shape index (κ2) is 5.78. The van der Waals surface area contributed by atoms with Crippen LogP contribution >= 0.6 is 0 Å². The zero-order valence-electron chi connectivity index (χ0n) is 11.8. The van der Waals surface area contributed by atoms with Crippen molar-refractivity contribution in [1.82, 2.24) is 15.0 Å². The van der Waals surface area contributed by atoms with E-state index in [2.05, 4.69) is 31.3 Å². The van der Waals surface area contributed by atoms with E-state index in [9.17, 15) is 0 Å². The van der Waals surface area contributed by atoms with E-state index in [0.29, 0.717) is 11.6 Å². The van der Waals surface area contributed by atoms with Gasteiger partial charge >= 0.3 is 0 Å². The molecule has 0 aromatic carbocycles. The van der Waals surface area contributed by atoms with Gasteiger partial charge in [-0.25, -0.2) is 15.0 Å². The van der Waals surface area contributed by atoms with Crippen LogP contribution in [0.5, 0.6) is 0 Å². The monoisotopic (exact) mass is 282 g/mol. The van der Waals surface area contributed by atoms with Crippen molar-refractivity contribution in [2.24, 2.45) is 0 Å². The smallest absolute Gasteiger partial charge is 0.226 e. The number of pyridine rings is 1. The molecular weight excluding hydrogens is 264 g/mol. The molecule has 3 heterocycles. The Morgan fingerprint density at radius 3 is 2.67 bits per heavy atom. The molecule has 2 N–H and O–H groups in total. The summed E-state index contributed by atoms with van der Waals surface area (Å²) in [6.45, 7) is 6.44. The van der Waals surface area contributed by atoms with Crippen molar-refractivity contribution < 1.29 is 0 Å². The molecule has 1 atom stereocenters.